The summed E-state index contributed by atoms with van der Waals surface area (Å²) in [5, 5.41) is 4.54. The summed E-state index contributed by atoms with van der Waals surface area (Å²) in [5.74, 6) is 0.875. The number of nitrogens with one attached hydrogen (secondary N) is 1. The lowest BCUT2D eigenvalue weighted by Crippen LogP contribution is -2.13. The molecule has 2 rings (SSSR count). The minimum Gasteiger partial charge on any atom is -0.383 e. The maximum Gasteiger partial charge on any atom is 0.203 e. The second-order valence-corrected chi connectivity index (χ2v) is 5.92. The Morgan fingerprint density at radius 2 is 2.30 bits per heavy atom. The molecule has 0 amide bonds. The van der Waals surface area contributed by atoms with E-state index in [1.165, 1.54) is 4.88 Å². The van der Waals surface area contributed by atoms with Crippen LogP contribution in [-0.4, -0.2) is 28.3 Å². The van der Waals surface area contributed by atoms with Crippen LogP contribution in [0.3, 0.4) is 0 Å². The first kappa shape index (κ1) is 15.0. The molecule has 0 saturated heterocycles. The van der Waals surface area contributed by atoms with Gasteiger partial charge in [-0.05, 0) is 20.3 Å². The number of ether oxygens (including phenoxy) is 1. The van der Waals surface area contributed by atoms with Crippen LogP contribution in [0.2, 0.25) is 0 Å². The Balaban J connectivity index is 2.08. The van der Waals surface area contributed by atoms with Crippen molar-refractivity contribution >= 4 is 17.3 Å². The van der Waals surface area contributed by atoms with Crippen molar-refractivity contribution < 1.29 is 4.74 Å². The van der Waals surface area contributed by atoms with E-state index in [1.807, 2.05) is 19.3 Å². The molecule has 0 aromatic carbocycles. The monoisotopic (exact) mass is 294 g/mol. The number of imidazole rings is 1. The highest BCUT2D eigenvalue weighted by atomic mass is 32.1. The minimum absolute atomic E-state index is 0.156. The predicted molar refractivity (Wildman–Crippen MR) is 82.4 cm³/mol. The van der Waals surface area contributed by atoms with Crippen molar-refractivity contribution in [2.75, 3.05) is 19.0 Å². The van der Waals surface area contributed by atoms with Crippen LogP contribution in [0.15, 0.2) is 12.4 Å². The third-order valence-electron chi connectivity index (χ3n) is 3.07. The van der Waals surface area contributed by atoms with Gasteiger partial charge in [-0.25, -0.2) is 9.97 Å². The van der Waals surface area contributed by atoms with E-state index < -0.39 is 0 Å². The van der Waals surface area contributed by atoms with Gasteiger partial charge in [0.05, 0.1) is 18.3 Å². The summed E-state index contributed by atoms with van der Waals surface area (Å²) >= 11 is 1.76. The van der Waals surface area contributed by atoms with Crippen LogP contribution >= 0.6 is 11.3 Å². The van der Waals surface area contributed by atoms with E-state index in [9.17, 15) is 0 Å². The second-order valence-electron chi connectivity index (χ2n) is 4.78. The lowest BCUT2D eigenvalue weighted by Gasteiger charge is -2.13. The molecule has 20 heavy (non-hydrogen) atoms. The zero-order valence-corrected chi connectivity index (χ0v) is 13.3. The summed E-state index contributed by atoms with van der Waals surface area (Å²) in [4.78, 5) is 10.3. The third-order valence-corrected chi connectivity index (χ3v) is 4.39. The lowest BCUT2D eigenvalue weighted by atomic mass is 10.3. The zero-order chi connectivity index (χ0) is 14.5. The van der Waals surface area contributed by atoms with Crippen molar-refractivity contribution in [2.24, 2.45) is 0 Å². The van der Waals surface area contributed by atoms with Gasteiger partial charge in [0.15, 0.2) is 0 Å². The number of aryl methyl sites for hydroxylation is 2. The van der Waals surface area contributed by atoms with Crippen LogP contribution in [0.25, 0.3) is 0 Å². The molecule has 0 saturated carbocycles. The molecule has 1 unspecified atom stereocenters. The molecule has 0 spiro atoms. The second kappa shape index (κ2) is 6.85. The van der Waals surface area contributed by atoms with Gasteiger partial charge in [0.1, 0.15) is 5.01 Å². The highest BCUT2D eigenvalue weighted by Gasteiger charge is 2.13. The van der Waals surface area contributed by atoms with E-state index in [0.717, 1.165) is 29.6 Å². The van der Waals surface area contributed by atoms with E-state index in [2.05, 4.69) is 33.7 Å². The van der Waals surface area contributed by atoms with Crippen LogP contribution in [0.4, 0.5) is 5.95 Å². The molecule has 5 nitrogen and oxygen atoms in total. The lowest BCUT2D eigenvalue weighted by molar-refractivity contribution is 0.187. The van der Waals surface area contributed by atoms with Gasteiger partial charge in [0.2, 0.25) is 5.95 Å². The fourth-order valence-corrected chi connectivity index (χ4v) is 2.82. The number of thiazole rings is 1. The zero-order valence-electron chi connectivity index (χ0n) is 12.5. The van der Waals surface area contributed by atoms with Gasteiger partial charge in [0, 0.05) is 30.9 Å². The SMILES string of the molecule is CCc1cnc(C(C)Nc2nc(C)cn2CCOC)s1. The fraction of sp³-hybridized carbons (Fsp3) is 0.571. The highest BCUT2D eigenvalue weighted by molar-refractivity contribution is 7.11. The van der Waals surface area contributed by atoms with Gasteiger partial charge in [-0.2, -0.15) is 0 Å². The Kier molecular flexibility index (Phi) is 5.14. The normalized spacial score (nSPS) is 12.6. The molecule has 0 fully saturated rings. The number of nitrogens with zero attached hydrogens (tertiary/aromatic N) is 3. The van der Waals surface area contributed by atoms with Gasteiger partial charge < -0.3 is 14.6 Å². The van der Waals surface area contributed by atoms with E-state index in [4.69, 9.17) is 4.74 Å². The summed E-state index contributed by atoms with van der Waals surface area (Å²) < 4.78 is 7.22. The summed E-state index contributed by atoms with van der Waals surface area (Å²) in [7, 11) is 1.71. The Morgan fingerprint density at radius 3 is 2.95 bits per heavy atom. The van der Waals surface area contributed by atoms with Gasteiger partial charge in [0.25, 0.3) is 0 Å². The molecule has 2 aromatic heterocycles. The molecule has 0 bridgehead atoms. The molecular formula is C14H22N4OS. The van der Waals surface area contributed by atoms with Crippen molar-refractivity contribution in [2.45, 2.75) is 39.8 Å². The molecule has 0 aliphatic heterocycles. The molecule has 2 heterocycles. The fourth-order valence-electron chi connectivity index (χ4n) is 1.96. The minimum atomic E-state index is 0.156. The van der Waals surface area contributed by atoms with Crippen molar-refractivity contribution in [1.29, 1.82) is 0 Å². The first-order valence-electron chi connectivity index (χ1n) is 6.87. The molecule has 1 atom stereocenters. The Hall–Kier alpha value is -1.40. The van der Waals surface area contributed by atoms with Gasteiger partial charge in [-0.3, -0.25) is 0 Å². The number of hydrogen-bond acceptors (Lipinski definition) is 5. The average molecular weight is 294 g/mol. The van der Waals surface area contributed by atoms with Crippen molar-refractivity contribution in [3.8, 4) is 0 Å². The van der Waals surface area contributed by atoms with E-state index in [1.54, 1.807) is 18.4 Å². The summed E-state index contributed by atoms with van der Waals surface area (Å²) in [6.07, 6.45) is 5.03. The molecule has 1 N–H and O–H groups in total. The summed E-state index contributed by atoms with van der Waals surface area (Å²) in [6, 6.07) is 0.156. The Morgan fingerprint density at radius 1 is 1.50 bits per heavy atom. The van der Waals surface area contributed by atoms with Crippen molar-refractivity contribution in [3.63, 3.8) is 0 Å². The molecule has 2 aromatic rings. The summed E-state index contributed by atoms with van der Waals surface area (Å²) in [5.41, 5.74) is 1.00. The van der Waals surface area contributed by atoms with Crippen LogP contribution in [0, 0.1) is 6.92 Å². The Labute approximate surface area is 124 Å². The number of anilines is 1. The number of hydrogen-bond donors (Lipinski definition) is 1. The van der Waals surface area contributed by atoms with Crippen LogP contribution in [0.1, 0.15) is 35.5 Å². The molecule has 110 valence electrons. The molecule has 6 heteroatoms. The first-order chi connectivity index (χ1) is 9.63. The number of rotatable bonds is 7. The van der Waals surface area contributed by atoms with Crippen LogP contribution in [-0.2, 0) is 17.7 Å². The molecule has 0 aliphatic rings. The first-order valence-corrected chi connectivity index (χ1v) is 7.69. The van der Waals surface area contributed by atoms with E-state index in [-0.39, 0.29) is 6.04 Å². The van der Waals surface area contributed by atoms with Gasteiger partial charge >= 0.3 is 0 Å². The molecule has 0 radical (unpaired) electrons. The van der Waals surface area contributed by atoms with Gasteiger partial charge in [-0.15, -0.1) is 11.3 Å². The van der Waals surface area contributed by atoms with Gasteiger partial charge in [-0.1, -0.05) is 6.92 Å². The highest BCUT2D eigenvalue weighted by Crippen LogP contribution is 2.23. The standard InChI is InChI=1S/C14H22N4OS/c1-5-12-8-15-13(20-12)11(3)17-14-16-10(2)9-18(14)6-7-19-4/h8-9,11H,5-7H2,1-4H3,(H,16,17). The maximum absolute atomic E-state index is 5.13. The average Bonchev–Trinajstić information content (AvgIpc) is 3.03. The van der Waals surface area contributed by atoms with Crippen LogP contribution < -0.4 is 5.32 Å². The number of methoxy groups -OCH3 is 1. The summed E-state index contributed by atoms with van der Waals surface area (Å²) in [6.45, 7) is 7.73. The topological polar surface area (TPSA) is 52.0 Å². The van der Waals surface area contributed by atoms with Crippen molar-refractivity contribution in [3.05, 3.63) is 28.0 Å². The number of aromatic nitrogens is 3. The Bertz CT molecular complexity index is 549. The van der Waals surface area contributed by atoms with E-state index in [0.29, 0.717) is 6.61 Å². The van der Waals surface area contributed by atoms with Crippen molar-refractivity contribution in [1.82, 2.24) is 14.5 Å². The van der Waals surface area contributed by atoms with Crippen LogP contribution in [0.5, 0.6) is 0 Å². The largest absolute Gasteiger partial charge is 0.383 e. The smallest absolute Gasteiger partial charge is 0.203 e. The maximum atomic E-state index is 5.13. The van der Waals surface area contributed by atoms with E-state index >= 15 is 0 Å². The third kappa shape index (κ3) is 3.58. The quantitative estimate of drug-likeness (QED) is 0.853. The molecule has 0 aliphatic carbocycles. The molecular weight excluding hydrogens is 272 g/mol. The predicted octanol–water partition coefficient (Wildman–Crippen LogP) is 3.03.